The summed E-state index contributed by atoms with van der Waals surface area (Å²) in [6.45, 7) is 0. The summed E-state index contributed by atoms with van der Waals surface area (Å²) >= 11 is 5.87. The van der Waals surface area contributed by atoms with Crippen molar-refractivity contribution in [3.05, 3.63) is 57.4 Å². The van der Waals surface area contributed by atoms with Crippen molar-refractivity contribution in [2.75, 3.05) is 10.7 Å². The molecule has 0 fully saturated rings. The van der Waals surface area contributed by atoms with Gasteiger partial charge in [-0.3, -0.25) is 16.0 Å². The van der Waals surface area contributed by atoms with Gasteiger partial charge in [-0.25, -0.2) is 4.39 Å². The molecule has 0 saturated heterocycles. The smallest absolute Gasteiger partial charge is 0.316 e. The zero-order chi connectivity index (χ0) is 14.7. The monoisotopic (exact) mass is 296 g/mol. The van der Waals surface area contributed by atoms with E-state index in [0.29, 0.717) is 0 Å². The highest BCUT2D eigenvalue weighted by Crippen LogP contribution is 2.36. The van der Waals surface area contributed by atoms with Crippen molar-refractivity contribution < 1.29 is 9.31 Å². The molecule has 8 heteroatoms. The molecular weight excluding hydrogens is 287 g/mol. The average Bonchev–Trinajstić information content (AvgIpc) is 2.42. The fourth-order valence-electron chi connectivity index (χ4n) is 1.71. The Labute approximate surface area is 118 Å². The van der Waals surface area contributed by atoms with Gasteiger partial charge in [0.15, 0.2) is 0 Å². The molecule has 2 aromatic rings. The second-order valence-corrected chi connectivity index (χ2v) is 4.23. The highest BCUT2D eigenvalue weighted by molar-refractivity contribution is 6.33. The third-order valence-electron chi connectivity index (χ3n) is 2.60. The fraction of sp³-hybridized carbons (Fsp3) is 0. The number of hydrazine groups is 1. The molecule has 0 atom stereocenters. The van der Waals surface area contributed by atoms with E-state index in [0.717, 1.165) is 0 Å². The number of nitrogens with zero attached hydrogens (tertiary/aromatic N) is 1. The Bertz CT molecular complexity index is 646. The third-order valence-corrected chi connectivity index (χ3v) is 2.91. The summed E-state index contributed by atoms with van der Waals surface area (Å²) in [6.07, 6.45) is 0. The van der Waals surface area contributed by atoms with E-state index in [9.17, 15) is 14.5 Å². The number of nitrogens with one attached hydrogen (secondary N) is 2. The van der Waals surface area contributed by atoms with E-state index in [1.807, 2.05) is 0 Å². The van der Waals surface area contributed by atoms with Gasteiger partial charge < -0.3 is 10.7 Å². The number of rotatable bonds is 4. The molecule has 2 aromatic carbocycles. The van der Waals surface area contributed by atoms with Crippen molar-refractivity contribution in [1.82, 2.24) is 0 Å². The summed E-state index contributed by atoms with van der Waals surface area (Å²) in [7, 11) is 0. The second kappa shape index (κ2) is 5.72. The molecule has 0 unspecified atom stereocenters. The van der Waals surface area contributed by atoms with Crippen LogP contribution in [0.2, 0.25) is 5.02 Å². The summed E-state index contributed by atoms with van der Waals surface area (Å²) in [4.78, 5) is 10.5. The van der Waals surface area contributed by atoms with E-state index in [1.54, 1.807) is 6.07 Å². The minimum atomic E-state index is -0.619. The second-order valence-electron chi connectivity index (χ2n) is 3.82. The van der Waals surface area contributed by atoms with Gasteiger partial charge in [0, 0.05) is 0 Å². The standard InChI is InChI=1S/C12H10ClFN4O2/c13-7-3-1-4-8(14)11(7)16-9-5-2-6-10(17-15)12(9)18(19)20/h1-6,16-17H,15H2. The van der Waals surface area contributed by atoms with Crippen LogP contribution in [0.15, 0.2) is 36.4 Å². The molecule has 104 valence electrons. The molecule has 0 radical (unpaired) electrons. The maximum Gasteiger partial charge on any atom is 0.316 e. The number of nitrogens with two attached hydrogens (primary N) is 1. The summed E-state index contributed by atoms with van der Waals surface area (Å²) in [5.74, 6) is 4.62. The fourth-order valence-corrected chi connectivity index (χ4v) is 1.92. The van der Waals surface area contributed by atoms with E-state index in [4.69, 9.17) is 17.4 Å². The van der Waals surface area contributed by atoms with Crippen LogP contribution in [0.5, 0.6) is 0 Å². The van der Waals surface area contributed by atoms with E-state index in [2.05, 4.69) is 10.7 Å². The first-order chi connectivity index (χ1) is 9.54. The van der Waals surface area contributed by atoms with E-state index < -0.39 is 10.7 Å². The lowest BCUT2D eigenvalue weighted by Gasteiger charge is -2.11. The van der Waals surface area contributed by atoms with Gasteiger partial charge in [0.1, 0.15) is 17.2 Å². The van der Waals surface area contributed by atoms with Gasteiger partial charge in [0.2, 0.25) is 0 Å². The summed E-state index contributed by atoms with van der Waals surface area (Å²) < 4.78 is 13.7. The van der Waals surface area contributed by atoms with Gasteiger partial charge in [-0.2, -0.15) is 0 Å². The third kappa shape index (κ3) is 2.63. The predicted octanol–water partition coefficient (Wildman–Crippen LogP) is 3.42. The minimum absolute atomic E-state index is 0.0357. The molecule has 20 heavy (non-hydrogen) atoms. The molecule has 0 aromatic heterocycles. The Balaban J connectivity index is 2.51. The lowest BCUT2D eigenvalue weighted by atomic mass is 10.2. The summed E-state index contributed by atoms with van der Waals surface area (Å²) in [5, 5.41) is 13.8. The minimum Gasteiger partial charge on any atom is -0.346 e. The molecule has 0 aliphatic carbocycles. The van der Waals surface area contributed by atoms with Crippen LogP contribution >= 0.6 is 11.6 Å². The molecule has 0 heterocycles. The zero-order valence-electron chi connectivity index (χ0n) is 10.1. The van der Waals surface area contributed by atoms with E-state index >= 15 is 0 Å². The topological polar surface area (TPSA) is 93.2 Å². The van der Waals surface area contributed by atoms with Gasteiger partial charge in [-0.15, -0.1) is 0 Å². The number of para-hydroxylation sites is 2. The van der Waals surface area contributed by atoms with Crippen molar-refractivity contribution in [1.29, 1.82) is 0 Å². The van der Waals surface area contributed by atoms with Crippen LogP contribution in [0.4, 0.5) is 27.1 Å². The number of hydrogen-bond acceptors (Lipinski definition) is 5. The van der Waals surface area contributed by atoms with Crippen molar-refractivity contribution >= 4 is 34.4 Å². The molecule has 0 bridgehead atoms. The Morgan fingerprint density at radius 2 is 1.85 bits per heavy atom. The van der Waals surface area contributed by atoms with Crippen LogP contribution in [0, 0.1) is 15.9 Å². The Hall–Kier alpha value is -2.38. The quantitative estimate of drug-likeness (QED) is 0.456. The molecule has 0 aliphatic heterocycles. The van der Waals surface area contributed by atoms with Crippen molar-refractivity contribution in [2.24, 2.45) is 5.84 Å². The molecule has 0 saturated carbocycles. The number of nitro benzene ring substituents is 1. The highest BCUT2D eigenvalue weighted by Gasteiger charge is 2.20. The van der Waals surface area contributed by atoms with Crippen LogP contribution in [0.1, 0.15) is 0 Å². The van der Waals surface area contributed by atoms with E-state index in [1.165, 1.54) is 30.3 Å². The first-order valence-corrected chi connectivity index (χ1v) is 5.87. The number of hydrogen-bond donors (Lipinski definition) is 3. The normalized spacial score (nSPS) is 10.2. The molecule has 0 spiro atoms. The van der Waals surface area contributed by atoms with Gasteiger partial charge in [0.25, 0.3) is 0 Å². The zero-order valence-corrected chi connectivity index (χ0v) is 10.8. The molecular formula is C12H10ClFN4O2. The number of nitro groups is 1. The Morgan fingerprint density at radius 3 is 2.45 bits per heavy atom. The molecule has 2 rings (SSSR count). The summed E-state index contributed by atoms with van der Waals surface area (Å²) in [5.41, 5.74) is 2.08. The van der Waals surface area contributed by atoms with Gasteiger partial charge in [0.05, 0.1) is 15.6 Å². The predicted molar refractivity (Wildman–Crippen MR) is 75.6 cm³/mol. The number of anilines is 3. The maximum absolute atomic E-state index is 13.7. The Morgan fingerprint density at radius 1 is 1.20 bits per heavy atom. The van der Waals surface area contributed by atoms with Gasteiger partial charge in [-0.05, 0) is 24.3 Å². The average molecular weight is 297 g/mol. The van der Waals surface area contributed by atoms with Crippen LogP contribution in [0.25, 0.3) is 0 Å². The van der Waals surface area contributed by atoms with Crippen LogP contribution in [-0.2, 0) is 0 Å². The van der Waals surface area contributed by atoms with Crippen LogP contribution < -0.4 is 16.6 Å². The number of nitrogen functional groups attached to an aromatic ring is 1. The SMILES string of the molecule is NNc1cccc(Nc2c(F)cccc2Cl)c1[N+](=O)[O-]. The van der Waals surface area contributed by atoms with Crippen molar-refractivity contribution in [3.63, 3.8) is 0 Å². The highest BCUT2D eigenvalue weighted by atomic mass is 35.5. The lowest BCUT2D eigenvalue weighted by Crippen LogP contribution is -2.10. The molecule has 6 nitrogen and oxygen atoms in total. The van der Waals surface area contributed by atoms with Gasteiger partial charge >= 0.3 is 5.69 Å². The number of benzene rings is 2. The van der Waals surface area contributed by atoms with Crippen LogP contribution in [-0.4, -0.2) is 4.92 Å². The van der Waals surface area contributed by atoms with Gasteiger partial charge in [-0.1, -0.05) is 23.7 Å². The van der Waals surface area contributed by atoms with E-state index in [-0.39, 0.29) is 27.8 Å². The maximum atomic E-state index is 13.7. The lowest BCUT2D eigenvalue weighted by molar-refractivity contribution is -0.383. The number of halogens is 2. The summed E-state index contributed by atoms with van der Waals surface area (Å²) in [6, 6.07) is 8.53. The first kappa shape index (κ1) is 14.0. The first-order valence-electron chi connectivity index (χ1n) is 5.49. The molecule has 0 aliphatic rings. The largest absolute Gasteiger partial charge is 0.346 e. The van der Waals surface area contributed by atoms with Crippen molar-refractivity contribution in [3.8, 4) is 0 Å². The van der Waals surface area contributed by atoms with Crippen molar-refractivity contribution in [2.45, 2.75) is 0 Å². The molecule has 4 N–H and O–H groups in total. The Kier molecular flexibility index (Phi) is 4.02. The molecule has 0 amide bonds. The van der Waals surface area contributed by atoms with Crippen LogP contribution in [0.3, 0.4) is 0 Å².